The van der Waals surface area contributed by atoms with Crippen molar-refractivity contribution in [2.75, 3.05) is 5.32 Å². The zero-order valence-corrected chi connectivity index (χ0v) is 10.6. The van der Waals surface area contributed by atoms with Gasteiger partial charge in [0.1, 0.15) is 5.82 Å². The van der Waals surface area contributed by atoms with E-state index in [0.29, 0.717) is 6.54 Å². The largest absolute Gasteiger partial charge is 0.356 e. The van der Waals surface area contributed by atoms with Gasteiger partial charge in [-0.05, 0) is 11.1 Å². The Morgan fingerprint density at radius 2 is 2.18 bits per heavy atom. The normalized spacial score (nSPS) is 10.5. The number of rotatable bonds is 5. The summed E-state index contributed by atoms with van der Waals surface area (Å²) in [4.78, 5) is 4.36. The zero-order valence-electron chi connectivity index (χ0n) is 9.81. The quantitative estimate of drug-likeness (QED) is 0.851. The molecule has 5 heteroatoms. The molecule has 1 aromatic carbocycles. The summed E-state index contributed by atoms with van der Waals surface area (Å²) in [6, 6.07) is 8.24. The van der Waals surface area contributed by atoms with Crippen molar-refractivity contribution in [2.24, 2.45) is 5.73 Å². The van der Waals surface area contributed by atoms with Gasteiger partial charge in [0.05, 0.1) is 0 Å². The fraction of sp³-hybridized carbons (Fsp3) is 0.333. The number of anilines is 1. The lowest BCUT2D eigenvalue weighted by molar-refractivity contribution is 0.991. The Kier molecular flexibility index (Phi) is 4.06. The number of hydrogen-bond donors (Lipinski definition) is 2. The third kappa shape index (κ3) is 3.25. The lowest BCUT2D eigenvalue weighted by Gasteiger charge is -2.04. The maximum absolute atomic E-state index is 5.61. The van der Waals surface area contributed by atoms with Crippen molar-refractivity contribution >= 4 is 16.7 Å². The molecular formula is C12H16N4S. The average Bonchev–Trinajstić information content (AvgIpc) is 2.84. The number of hydrogen-bond acceptors (Lipinski definition) is 5. The molecule has 0 bridgehead atoms. The summed E-state index contributed by atoms with van der Waals surface area (Å²) in [6.45, 7) is 3.38. The van der Waals surface area contributed by atoms with E-state index in [0.717, 1.165) is 29.5 Å². The first-order chi connectivity index (χ1) is 8.31. The highest BCUT2D eigenvalue weighted by Crippen LogP contribution is 2.13. The molecule has 0 radical (unpaired) electrons. The second kappa shape index (κ2) is 5.75. The summed E-state index contributed by atoms with van der Waals surface area (Å²) in [5, 5.41) is 4.15. The number of nitrogens with zero attached hydrogens (tertiary/aromatic N) is 2. The molecule has 1 aromatic heterocycles. The molecule has 2 aromatic rings. The first kappa shape index (κ1) is 12.0. The Morgan fingerprint density at radius 3 is 2.88 bits per heavy atom. The van der Waals surface area contributed by atoms with Gasteiger partial charge in [0.2, 0.25) is 5.13 Å². The minimum atomic E-state index is 0.576. The maximum atomic E-state index is 5.61. The number of nitrogens with two attached hydrogens (primary N) is 1. The van der Waals surface area contributed by atoms with Gasteiger partial charge in [0, 0.05) is 31.0 Å². The van der Waals surface area contributed by atoms with Crippen molar-refractivity contribution in [2.45, 2.75) is 26.4 Å². The molecule has 4 nitrogen and oxygen atoms in total. The number of nitrogens with one attached hydrogen (secondary N) is 1. The van der Waals surface area contributed by atoms with E-state index < -0.39 is 0 Å². The Bertz CT molecular complexity index is 481. The predicted molar refractivity (Wildman–Crippen MR) is 70.9 cm³/mol. The molecule has 0 amide bonds. The van der Waals surface area contributed by atoms with Crippen LogP contribution in [0.2, 0.25) is 0 Å². The molecule has 0 spiro atoms. The van der Waals surface area contributed by atoms with Crippen LogP contribution in [-0.4, -0.2) is 9.36 Å². The van der Waals surface area contributed by atoms with Gasteiger partial charge in [0.15, 0.2) is 0 Å². The highest BCUT2D eigenvalue weighted by molar-refractivity contribution is 7.09. The van der Waals surface area contributed by atoms with Crippen LogP contribution in [0.25, 0.3) is 0 Å². The van der Waals surface area contributed by atoms with Gasteiger partial charge < -0.3 is 11.1 Å². The molecule has 90 valence electrons. The fourth-order valence-corrected chi connectivity index (χ4v) is 2.16. The highest BCUT2D eigenvalue weighted by atomic mass is 32.1. The van der Waals surface area contributed by atoms with Crippen LogP contribution in [0, 0.1) is 0 Å². The van der Waals surface area contributed by atoms with Crippen LogP contribution in [0.3, 0.4) is 0 Å². The van der Waals surface area contributed by atoms with Crippen LogP contribution in [-0.2, 0) is 19.5 Å². The van der Waals surface area contributed by atoms with Crippen LogP contribution in [0.15, 0.2) is 24.3 Å². The first-order valence-corrected chi connectivity index (χ1v) is 6.43. The average molecular weight is 248 g/mol. The molecule has 0 saturated heterocycles. The van der Waals surface area contributed by atoms with E-state index in [9.17, 15) is 0 Å². The summed E-state index contributed by atoms with van der Waals surface area (Å²) >= 11 is 1.41. The molecule has 2 rings (SSSR count). The third-order valence-corrected chi connectivity index (χ3v) is 3.17. The van der Waals surface area contributed by atoms with Crippen molar-refractivity contribution in [3.63, 3.8) is 0 Å². The predicted octanol–water partition coefficient (Wildman–Crippen LogP) is 2.17. The zero-order chi connectivity index (χ0) is 12.1. The van der Waals surface area contributed by atoms with Crippen LogP contribution in [0.4, 0.5) is 5.13 Å². The van der Waals surface area contributed by atoms with Crippen molar-refractivity contribution in [1.82, 2.24) is 9.36 Å². The Labute approximate surface area is 105 Å². The molecule has 3 N–H and O–H groups in total. The number of benzene rings is 1. The van der Waals surface area contributed by atoms with Gasteiger partial charge in [-0.1, -0.05) is 31.2 Å². The third-order valence-electron chi connectivity index (χ3n) is 2.46. The minimum absolute atomic E-state index is 0.576. The van der Waals surface area contributed by atoms with Crippen LogP contribution in [0.1, 0.15) is 23.9 Å². The second-order valence-electron chi connectivity index (χ2n) is 3.75. The fourth-order valence-electron chi connectivity index (χ4n) is 1.51. The highest BCUT2D eigenvalue weighted by Gasteiger charge is 2.01. The lowest BCUT2D eigenvalue weighted by atomic mass is 10.1. The smallest absolute Gasteiger partial charge is 0.202 e. The summed E-state index contributed by atoms with van der Waals surface area (Å²) in [6.07, 6.45) is 0.876. The number of aromatic nitrogens is 2. The van der Waals surface area contributed by atoms with Crippen molar-refractivity contribution in [3.8, 4) is 0 Å². The summed E-state index contributed by atoms with van der Waals surface area (Å²) in [5.74, 6) is 0.896. The summed E-state index contributed by atoms with van der Waals surface area (Å²) < 4.78 is 4.23. The van der Waals surface area contributed by atoms with Gasteiger partial charge in [-0.3, -0.25) is 0 Å². The van der Waals surface area contributed by atoms with Crippen molar-refractivity contribution in [1.29, 1.82) is 0 Å². The van der Waals surface area contributed by atoms with Gasteiger partial charge in [0.25, 0.3) is 0 Å². The van der Waals surface area contributed by atoms with E-state index in [1.807, 2.05) is 12.1 Å². The van der Waals surface area contributed by atoms with Crippen molar-refractivity contribution < 1.29 is 0 Å². The van der Waals surface area contributed by atoms with Crippen LogP contribution < -0.4 is 11.1 Å². The van der Waals surface area contributed by atoms with Crippen LogP contribution >= 0.6 is 11.5 Å². The van der Waals surface area contributed by atoms with Gasteiger partial charge in [-0.2, -0.15) is 4.37 Å². The Balaban J connectivity index is 1.96. The Hall–Kier alpha value is -1.46. The monoisotopic (exact) mass is 248 g/mol. The van der Waals surface area contributed by atoms with E-state index >= 15 is 0 Å². The molecule has 1 heterocycles. The molecule has 0 aliphatic rings. The molecular weight excluding hydrogens is 232 g/mol. The molecule has 0 aliphatic heterocycles. The standard InChI is InChI=1S/C12H16N4S/c1-2-11-15-12(17-16-11)14-8-10-5-3-4-9(6-10)7-13/h3-6H,2,7-8,13H2,1H3,(H,14,15,16). The van der Waals surface area contributed by atoms with Gasteiger partial charge in [-0.15, -0.1) is 0 Å². The summed E-state index contributed by atoms with van der Waals surface area (Å²) in [7, 11) is 0. The maximum Gasteiger partial charge on any atom is 0.202 e. The van der Waals surface area contributed by atoms with E-state index in [4.69, 9.17) is 5.73 Å². The molecule has 0 aliphatic carbocycles. The Morgan fingerprint density at radius 1 is 1.35 bits per heavy atom. The molecule has 0 atom stereocenters. The molecule has 0 unspecified atom stereocenters. The van der Waals surface area contributed by atoms with Gasteiger partial charge >= 0.3 is 0 Å². The minimum Gasteiger partial charge on any atom is -0.356 e. The van der Waals surface area contributed by atoms with E-state index in [-0.39, 0.29) is 0 Å². The van der Waals surface area contributed by atoms with E-state index in [2.05, 4.69) is 33.7 Å². The number of aryl methyl sites for hydroxylation is 1. The van der Waals surface area contributed by atoms with Gasteiger partial charge in [-0.25, -0.2) is 4.98 Å². The molecule has 17 heavy (non-hydrogen) atoms. The molecule has 0 fully saturated rings. The topological polar surface area (TPSA) is 63.8 Å². The van der Waals surface area contributed by atoms with E-state index in [1.54, 1.807) is 0 Å². The first-order valence-electron chi connectivity index (χ1n) is 5.66. The second-order valence-corrected chi connectivity index (χ2v) is 4.50. The van der Waals surface area contributed by atoms with E-state index in [1.165, 1.54) is 17.1 Å². The molecule has 0 saturated carbocycles. The SMILES string of the molecule is CCc1nsc(NCc2cccc(CN)c2)n1. The van der Waals surface area contributed by atoms with Crippen LogP contribution in [0.5, 0.6) is 0 Å². The van der Waals surface area contributed by atoms with Crippen molar-refractivity contribution in [3.05, 3.63) is 41.2 Å². The lowest BCUT2D eigenvalue weighted by Crippen LogP contribution is -2.01. The summed E-state index contributed by atoms with van der Waals surface area (Å²) in [5.41, 5.74) is 7.96.